The zero-order valence-corrected chi connectivity index (χ0v) is 12.3. The fourth-order valence-electron chi connectivity index (χ4n) is 3.86. The number of furan rings is 1. The fourth-order valence-corrected chi connectivity index (χ4v) is 3.86. The average molecular weight is 301 g/mol. The lowest BCUT2D eigenvalue weighted by Crippen LogP contribution is -2.44. The van der Waals surface area contributed by atoms with Crippen molar-refractivity contribution < 1.29 is 19.1 Å². The van der Waals surface area contributed by atoms with Gasteiger partial charge in [-0.3, -0.25) is 9.69 Å². The minimum absolute atomic E-state index is 0.0723. The maximum Gasteiger partial charge on any atom is 0.311 e. The molecule has 22 heavy (non-hydrogen) atoms. The third-order valence-corrected chi connectivity index (χ3v) is 5.06. The van der Waals surface area contributed by atoms with E-state index in [2.05, 4.69) is 4.90 Å². The Kier molecular flexibility index (Phi) is 3.20. The van der Waals surface area contributed by atoms with Crippen LogP contribution in [0.15, 0.2) is 34.7 Å². The molecule has 1 aromatic heterocycles. The first-order chi connectivity index (χ1) is 10.7. The monoisotopic (exact) mass is 301 g/mol. The van der Waals surface area contributed by atoms with Crippen molar-refractivity contribution in [3.05, 3.63) is 36.1 Å². The van der Waals surface area contributed by atoms with E-state index in [1.807, 2.05) is 30.3 Å². The van der Waals surface area contributed by atoms with Gasteiger partial charge < -0.3 is 14.3 Å². The Balaban J connectivity index is 1.55. The van der Waals surface area contributed by atoms with Gasteiger partial charge in [-0.1, -0.05) is 18.2 Å². The molecule has 2 aliphatic rings. The second kappa shape index (κ2) is 5.11. The molecule has 5 nitrogen and oxygen atoms in total. The van der Waals surface area contributed by atoms with Gasteiger partial charge in [0.15, 0.2) is 0 Å². The van der Waals surface area contributed by atoms with Gasteiger partial charge in [0.25, 0.3) is 0 Å². The van der Waals surface area contributed by atoms with Crippen molar-refractivity contribution >= 4 is 16.9 Å². The molecule has 0 bridgehead atoms. The van der Waals surface area contributed by atoms with Crippen molar-refractivity contribution in [2.24, 2.45) is 11.3 Å². The highest BCUT2D eigenvalue weighted by Gasteiger charge is 2.53. The van der Waals surface area contributed by atoms with E-state index in [0.29, 0.717) is 32.7 Å². The quantitative estimate of drug-likeness (QED) is 0.943. The van der Waals surface area contributed by atoms with Crippen molar-refractivity contribution in [3.63, 3.8) is 0 Å². The number of likely N-dealkylation sites (tertiary alicyclic amines) is 1. The SMILES string of the molecule is O=C(O)[C@]12CCOC[C@H]1CN(Cc1cc3ccccc3o1)C2. The van der Waals surface area contributed by atoms with E-state index >= 15 is 0 Å². The van der Waals surface area contributed by atoms with E-state index < -0.39 is 11.4 Å². The molecule has 116 valence electrons. The van der Waals surface area contributed by atoms with E-state index in [0.717, 1.165) is 23.3 Å². The standard InChI is InChI=1S/C17H19NO4/c19-16(20)17-5-6-21-10-13(17)8-18(11-17)9-14-7-12-3-1-2-4-15(12)22-14/h1-4,7,13H,5-6,8-11H2,(H,19,20)/t13-,17+/m1/s1. The molecule has 0 radical (unpaired) electrons. The van der Waals surface area contributed by atoms with Crippen LogP contribution >= 0.6 is 0 Å². The molecular formula is C17H19NO4. The van der Waals surface area contributed by atoms with E-state index in [-0.39, 0.29) is 5.92 Å². The summed E-state index contributed by atoms with van der Waals surface area (Å²) in [5.74, 6) is 0.275. The van der Waals surface area contributed by atoms with Crippen molar-refractivity contribution in [1.29, 1.82) is 0 Å². The van der Waals surface area contributed by atoms with Gasteiger partial charge in [0.1, 0.15) is 11.3 Å². The molecule has 1 N–H and O–H groups in total. The van der Waals surface area contributed by atoms with Crippen LogP contribution in [-0.4, -0.2) is 42.3 Å². The Morgan fingerprint density at radius 1 is 1.41 bits per heavy atom. The maximum absolute atomic E-state index is 11.8. The lowest BCUT2D eigenvalue weighted by molar-refractivity contribution is -0.157. The summed E-state index contributed by atoms with van der Waals surface area (Å²) in [5.41, 5.74) is 0.231. The highest BCUT2D eigenvalue weighted by atomic mass is 16.5. The number of para-hydroxylation sites is 1. The van der Waals surface area contributed by atoms with Crippen molar-refractivity contribution in [2.45, 2.75) is 13.0 Å². The predicted molar refractivity (Wildman–Crippen MR) is 80.5 cm³/mol. The summed E-state index contributed by atoms with van der Waals surface area (Å²) in [6.07, 6.45) is 0.601. The van der Waals surface area contributed by atoms with Gasteiger partial charge >= 0.3 is 5.97 Å². The smallest absolute Gasteiger partial charge is 0.311 e. The topological polar surface area (TPSA) is 62.9 Å². The molecule has 2 fully saturated rings. The minimum atomic E-state index is -0.687. The molecule has 3 heterocycles. The summed E-state index contributed by atoms with van der Waals surface area (Å²) in [6, 6.07) is 9.97. The molecule has 5 heteroatoms. The molecule has 0 saturated carbocycles. The molecule has 2 aromatic rings. The van der Waals surface area contributed by atoms with Gasteiger partial charge in [-0.25, -0.2) is 0 Å². The molecule has 4 rings (SSSR count). The third-order valence-electron chi connectivity index (χ3n) is 5.06. The minimum Gasteiger partial charge on any atom is -0.481 e. The number of hydrogen-bond acceptors (Lipinski definition) is 4. The van der Waals surface area contributed by atoms with Crippen LogP contribution in [0.25, 0.3) is 11.0 Å². The van der Waals surface area contributed by atoms with Gasteiger partial charge in [0, 0.05) is 31.0 Å². The maximum atomic E-state index is 11.8. The summed E-state index contributed by atoms with van der Waals surface area (Å²) < 4.78 is 11.3. The van der Waals surface area contributed by atoms with Crippen LogP contribution in [0.1, 0.15) is 12.2 Å². The van der Waals surface area contributed by atoms with E-state index in [4.69, 9.17) is 9.15 Å². The largest absolute Gasteiger partial charge is 0.481 e. The summed E-state index contributed by atoms with van der Waals surface area (Å²) in [4.78, 5) is 14.0. The number of benzene rings is 1. The number of ether oxygens (including phenoxy) is 1. The fraction of sp³-hybridized carbons (Fsp3) is 0.471. The lowest BCUT2D eigenvalue weighted by Gasteiger charge is -2.34. The number of fused-ring (bicyclic) bond motifs is 2. The molecule has 2 saturated heterocycles. The van der Waals surface area contributed by atoms with Crippen LogP contribution in [0.3, 0.4) is 0 Å². The number of hydrogen-bond donors (Lipinski definition) is 1. The summed E-state index contributed by atoms with van der Waals surface area (Å²) >= 11 is 0. The number of nitrogens with zero attached hydrogens (tertiary/aromatic N) is 1. The Morgan fingerprint density at radius 2 is 2.27 bits per heavy atom. The second-order valence-electron chi connectivity index (χ2n) is 6.40. The van der Waals surface area contributed by atoms with Gasteiger partial charge in [-0.05, 0) is 18.6 Å². The Bertz CT molecular complexity index is 677. The highest BCUT2D eigenvalue weighted by molar-refractivity contribution is 5.78. The van der Waals surface area contributed by atoms with E-state index in [9.17, 15) is 9.90 Å². The first-order valence-corrected chi connectivity index (χ1v) is 7.68. The second-order valence-corrected chi connectivity index (χ2v) is 6.40. The van der Waals surface area contributed by atoms with Crippen LogP contribution < -0.4 is 0 Å². The van der Waals surface area contributed by atoms with Crippen LogP contribution in [-0.2, 0) is 16.1 Å². The number of carbonyl (C=O) groups is 1. The summed E-state index contributed by atoms with van der Waals surface area (Å²) in [7, 11) is 0. The molecule has 0 amide bonds. The average Bonchev–Trinajstić information content (AvgIpc) is 3.07. The number of aliphatic carboxylic acids is 1. The van der Waals surface area contributed by atoms with Crippen LogP contribution in [0.4, 0.5) is 0 Å². The van der Waals surface area contributed by atoms with E-state index in [1.54, 1.807) is 0 Å². The van der Waals surface area contributed by atoms with Crippen LogP contribution in [0.2, 0.25) is 0 Å². The van der Waals surface area contributed by atoms with Crippen LogP contribution in [0.5, 0.6) is 0 Å². The highest BCUT2D eigenvalue weighted by Crippen LogP contribution is 2.43. The molecule has 2 aliphatic heterocycles. The number of carboxylic acids is 1. The first kappa shape index (κ1) is 13.8. The molecule has 2 atom stereocenters. The summed E-state index contributed by atoms with van der Waals surface area (Å²) in [5, 5.41) is 10.8. The zero-order chi connectivity index (χ0) is 15.2. The van der Waals surface area contributed by atoms with Gasteiger partial charge in [-0.2, -0.15) is 0 Å². The van der Waals surface area contributed by atoms with Crippen molar-refractivity contribution in [2.75, 3.05) is 26.3 Å². The Labute approximate surface area is 128 Å². The Morgan fingerprint density at radius 3 is 3.05 bits per heavy atom. The molecule has 0 unspecified atom stereocenters. The normalized spacial score (nSPS) is 28.8. The van der Waals surface area contributed by atoms with Gasteiger partial charge in [-0.15, -0.1) is 0 Å². The Hall–Kier alpha value is -1.85. The predicted octanol–water partition coefficient (Wildman–Crippen LogP) is 2.36. The van der Waals surface area contributed by atoms with E-state index in [1.165, 1.54) is 0 Å². The molecule has 0 aliphatic carbocycles. The van der Waals surface area contributed by atoms with Crippen LogP contribution in [0, 0.1) is 11.3 Å². The van der Waals surface area contributed by atoms with Gasteiger partial charge in [0.2, 0.25) is 0 Å². The van der Waals surface area contributed by atoms with Gasteiger partial charge in [0.05, 0.1) is 18.6 Å². The number of rotatable bonds is 3. The van der Waals surface area contributed by atoms with Crippen molar-refractivity contribution in [1.82, 2.24) is 4.90 Å². The molecular weight excluding hydrogens is 282 g/mol. The third kappa shape index (κ3) is 2.12. The molecule has 0 spiro atoms. The number of carboxylic acid groups (broad SMARTS) is 1. The lowest BCUT2D eigenvalue weighted by atomic mass is 9.74. The zero-order valence-electron chi connectivity index (χ0n) is 12.3. The first-order valence-electron chi connectivity index (χ1n) is 7.68. The summed E-state index contributed by atoms with van der Waals surface area (Å²) in [6.45, 7) is 3.07. The molecule has 1 aromatic carbocycles. The van der Waals surface area contributed by atoms with Crippen molar-refractivity contribution in [3.8, 4) is 0 Å².